The standard InChI is InChI=1S/C59H80Cl3N9O8S2/c1-8-10-11-12-13-14-15-16-17-18-19-20-21-22-28-79-53-37-48(52(72)34-44(53)59(6,7)40-58(3,4)5)69-81(76,77)55-33-42(23-24-50(55)70-26-29-78-30-27-70)68-80(74,75)54-36-45(60)51(35-46(54)61)71-57(41(38-63)39-65-71)67-66-43-31-47(62)56(73)49(32-43)64-25-9-2/h23-24,31-37,39,64,68-69,72-73H,8-22,25-30,40H2,1-7H3. The SMILES string of the molecule is CCCCCCCCCCCCCCCCOc1cc(NS(=O)(=O)c2cc(NS(=O)(=O)c3cc(Cl)c(-n4ncc(C#N)c4N=Nc4cc(Cl)c(O)c(NCCC)c4)cc3Cl)ccc2N2CCOCC2)c(O)cc1C(C)(C)CC(C)(C)C. The zero-order valence-electron chi connectivity index (χ0n) is 47.8. The summed E-state index contributed by atoms with van der Waals surface area (Å²) in [5.74, 6) is -0.0802. The Labute approximate surface area is 494 Å². The van der Waals surface area contributed by atoms with E-state index in [1.54, 1.807) is 6.07 Å². The third-order valence-corrected chi connectivity index (χ3v) is 17.7. The number of hydrogen-bond acceptors (Lipinski definition) is 14. The van der Waals surface area contributed by atoms with Crippen molar-refractivity contribution in [3.8, 4) is 29.0 Å². The average molecular weight is 1210 g/mol. The molecule has 0 bridgehead atoms. The Morgan fingerprint density at radius 3 is 1.96 bits per heavy atom. The average Bonchev–Trinajstić information content (AvgIpc) is 3.92. The van der Waals surface area contributed by atoms with Gasteiger partial charge < -0.3 is 29.9 Å². The number of nitrogens with one attached hydrogen (secondary N) is 3. The molecule has 2 heterocycles. The van der Waals surface area contributed by atoms with Crippen molar-refractivity contribution in [2.24, 2.45) is 15.6 Å². The van der Waals surface area contributed by atoms with Gasteiger partial charge in [-0.05, 0) is 78.6 Å². The number of azo groups is 1. The molecular weight excluding hydrogens is 1130 g/mol. The topological polar surface area (TPSA) is 233 Å². The molecule has 1 fully saturated rings. The lowest BCUT2D eigenvalue weighted by molar-refractivity contribution is 0.122. The van der Waals surface area contributed by atoms with Crippen molar-refractivity contribution in [1.29, 1.82) is 5.26 Å². The van der Waals surface area contributed by atoms with Crippen molar-refractivity contribution in [2.45, 2.75) is 166 Å². The van der Waals surface area contributed by atoms with Crippen molar-refractivity contribution < 1.29 is 36.5 Å². The van der Waals surface area contributed by atoms with E-state index in [0.29, 0.717) is 50.9 Å². The van der Waals surface area contributed by atoms with Crippen molar-refractivity contribution in [1.82, 2.24) is 9.78 Å². The fraction of sp³-hybridized carbons (Fsp3) is 0.525. The third kappa shape index (κ3) is 18.3. The molecule has 0 aliphatic carbocycles. The molecule has 5 N–H and O–H groups in total. The molecule has 0 saturated carbocycles. The fourth-order valence-electron chi connectivity index (χ4n) is 10.2. The van der Waals surface area contributed by atoms with Gasteiger partial charge in [-0.25, -0.2) is 21.5 Å². The van der Waals surface area contributed by atoms with Crippen LogP contribution in [0.5, 0.6) is 17.2 Å². The highest BCUT2D eigenvalue weighted by Crippen LogP contribution is 2.46. The van der Waals surface area contributed by atoms with Crippen LogP contribution in [0.1, 0.15) is 162 Å². The molecule has 5 aromatic rings. The number of rotatable bonds is 31. The van der Waals surface area contributed by atoms with Crippen LogP contribution in [-0.4, -0.2) is 76.3 Å². The normalized spacial score (nSPS) is 13.4. The molecule has 0 atom stereocenters. The van der Waals surface area contributed by atoms with Gasteiger partial charge in [0, 0.05) is 31.3 Å². The number of halogens is 3. The van der Waals surface area contributed by atoms with Gasteiger partial charge in [-0.2, -0.15) is 10.4 Å². The van der Waals surface area contributed by atoms with Gasteiger partial charge in [0.25, 0.3) is 20.0 Å². The Morgan fingerprint density at radius 2 is 1.35 bits per heavy atom. The number of anilines is 4. The number of sulfonamides is 2. The number of benzene rings is 4. The van der Waals surface area contributed by atoms with Crippen molar-refractivity contribution in [2.75, 3.05) is 59.1 Å². The summed E-state index contributed by atoms with van der Waals surface area (Å²) in [6.07, 6.45) is 19.9. The van der Waals surface area contributed by atoms with Crippen LogP contribution in [0.4, 0.5) is 34.3 Å². The van der Waals surface area contributed by atoms with E-state index in [1.807, 2.05) is 17.9 Å². The molecule has 1 saturated heterocycles. The largest absolute Gasteiger partial charge is 0.506 e. The minimum Gasteiger partial charge on any atom is -0.506 e. The minimum absolute atomic E-state index is 0.00395. The summed E-state index contributed by atoms with van der Waals surface area (Å²) in [6, 6.07) is 14.5. The number of morpholine rings is 1. The highest BCUT2D eigenvalue weighted by atomic mass is 35.5. The summed E-state index contributed by atoms with van der Waals surface area (Å²) in [6.45, 7) is 17.1. The Bertz CT molecular complexity index is 3230. The molecule has 4 aromatic carbocycles. The predicted molar refractivity (Wildman–Crippen MR) is 326 cm³/mol. The zero-order chi connectivity index (χ0) is 59.0. The number of ether oxygens (including phenoxy) is 2. The molecule has 1 aliphatic heterocycles. The van der Waals surface area contributed by atoms with Crippen molar-refractivity contribution >= 4 is 89.1 Å². The summed E-state index contributed by atoms with van der Waals surface area (Å²) in [4.78, 5) is 1.10. The lowest BCUT2D eigenvalue weighted by Gasteiger charge is -2.34. The van der Waals surface area contributed by atoms with Crippen LogP contribution < -0.4 is 24.4 Å². The molecule has 1 aromatic heterocycles. The summed E-state index contributed by atoms with van der Waals surface area (Å²) < 4.78 is 76.6. The van der Waals surface area contributed by atoms with Crippen LogP contribution in [0.3, 0.4) is 0 Å². The van der Waals surface area contributed by atoms with E-state index in [9.17, 15) is 32.3 Å². The van der Waals surface area contributed by atoms with Crippen LogP contribution >= 0.6 is 34.8 Å². The lowest BCUT2D eigenvalue weighted by Crippen LogP contribution is -2.37. The third-order valence-electron chi connectivity index (χ3n) is 13.9. The van der Waals surface area contributed by atoms with E-state index < -0.39 is 30.4 Å². The second-order valence-electron chi connectivity index (χ2n) is 22.5. The molecule has 442 valence electrons. The van der Waals surface area contributed by atoms with Gasteiger partial charge in [-0.3, -0.25) is 9.44 Å². The molecule has 17 nitrogen and oxygen atoms in total. The number of aromatic hydroxyl groups is 2. The van der Waals surface area contributed by atoms with Crippen molar-refractivity contribution in [3.63, 3.8) is 0 Å². The Balaban J connectivity index is 1.23. The molecule has 0 spiro atoms. The first-order valence-electron chi connectivity index (χ1n) is 28.2. The number of hydrogen-bond donors (Lipinski definition) is 5. The quantitative estimate of drug-likeness (QED) is 0.0158. The fourth-order valence-corrected chi connectivity index (χ4v) is 13.6. The van der Waals surface area contributed by atoms with E-state index in [0.717, 1.165) is 43.7 Å². The smallest absolute Gasteiger partial charge is 0.264 e. The van der Waals surface area contributed by atoms with Crippen LogP contribution in [-0.2, 0) is 30.2 Å². The maximum Gasteiger partial charge on any atom is 0.264 e. The van der Waals surface area contributed by atoms with E-state index in [4.69, 9.17) is 44.3 Å². The monoisotopic (exact) mass is 1210 g/mol. The highest BCUT2D eigenvalue weighted by Gasteiger charge is 2.33. The van der Waals surface area contributed by atoms with Crippen LogP contribution in [0.2, 0.25) is 15.1 Å². The van der Waals surface area contributed by atoms with Crippen LogP contribution in [0.25, 0.3) is 5.69 Å². The van der Waals surface area contributed by atoms with Gasteiger partial charge in [0.15, 0.2) is 11.6 Å². The van der Waals surface area contributed by atoms with Gasteiger partial charge in [0.1, 0.15) is 32.9 Å². The van der Waals surface area contributed by atoms with Crippen LogP contribution in [0, 0.1) is 16.7 Å². The molecule has 0 amide bonds. The lowest BCUT2D eigenvalue weighted by atomic mass is 9.72. The number of aromatic nitrogens is 2. The number of phenolic OH excluding ortho intramolecular Hbond substituents is 2. The van der Waals surface area contributed by atoms with E-state index in [-0.39, 0.29) is 76.7 Å². The molecule has 0 unspecified atom stereocenters. The van der Waals surface area contributed by atoms with Gasteiger partial charge in [0.2, 0.25) is 0 Å². The van der Waals surface area contributed by atoms with Gasteiger partial charge in [0.05, 0.1) is 75.2 Å². The van der Waals surface area contributed by atoms with Gasteiger partial charge in [-0.1, -0.05) is 167 Å². The number of nitriles is 1. The Morgan fingerprint density at radius 1 is 0.716 bits per heavy atom. The summed E-state index contributed by atoms with van der Waals surface area (Å²) in [7, 11) is -9.20. The predicted octanol–water partition coefficient (Wildman–Crippen LogP) is 16.4. The molecule has 81 heavy (non-hydrogen) atoms. The van der Waals surface area contributed by atoms with Gasteiger partial charge >= 0.3 is 0 Å². The molecule has 1 aliphatic rings. The van der Waals surface area contributed by atoms with Gasteiger partial charge in [-0.15, -0.1) is 10.2 Å². The summed E-state index contributed by atoms with van der Waals surface area (Å²) in [5, 5.41) is 47.5. The summed E-state index contributed by atoms with van der Waals surface area (Å²) in [5.41, 5.74) is 0.850. The Kier molecular flexibility index (Phi) is 23.7. The van der Waals surface area contributed by atoms with Crippen molar-refractivity contribution in [3.05, 3.63) is 87.0 Å². The second-order valence-corrected chi connectivity index (χ2v) is 27.0. The molecule has 22 heteroatoms. The molecule has 0 radical (unpaired) electrons. The van der Waals surface area contributed by atoms with E-state index in [2.05, 4.69) is 71.6 Å². The highest BCUT2D eigenvalue weighted by molar-refractivity contribution is 7.93. The van der Waals surface area contributed by atoms with E-state index >= 15 is 0 Å². The maximum atomic E-state index is 14.8. The maximum absolute atomic E-state index is 14.8. The number of nitrogens with zero attached hydrogens (tertiary/aromatic N) is 6. The first-order chi connectivity index (χ1) is 38.5. The number of phenols is 2. The second kappa shape index (κ2) is 29.7. The first-order valence-corrected chi connectivity index (χ1v) is 32.3. The first kappa shape index (κ1) is 64.7. The van der Waals surface area contributed by atoms with E-state index in [1.165, 1.54) is 124 Å². The zero-order valence-corrected chi connectivity index (χ0v) is 51.7. The van der Waals surface area contributed by atoms with Crippen LogP contribution in [0.15, 0.2) is 80.8 Å². The number of unbranched alkanes of at least 4 members (excludes halogenated alkanes) is 13. The Hall–Kier alpha value is -5.49. The summed E-state index contributed by atoms with van der Waals surface area (Å²) >= 11 is 19.8. The molecular formula is C59H80Cl3N9O8S2. The molecule has 6 rings (SSSR count). The minimum atomic E-state index is -4.60.